The van der Waals surface area contributed by atoms with E-state index >= 15 is 0 Å². The predicted octanol–water partition coefficient (Wildman–Crippen LogP) is 1.54. The van der Waals surface area contributed by atoms with E-state index in [9.17, 15) is 9.59 Å². The summed E-state index contributed by atoms with van der Waals surface area (Å²) in [6, 6.07) is 0. The molecular formula is C17H24N4O3. The van der Waals surface area contributed by atoms with Gasteiger partial charge < -0.3 is 14.7 Å². The number of hydrogen-bond donors (Lipinski definition) is 1. The molecule has 130 valence electrons. The number of hydrogen-bond acceptors (Lipinski definition) is 5. The Hall–Kier alpha value is -2.18. The van der Waals surface area contributed by atoms with Crippen molar-refractivity contribution >= 4 is 11.8 Å². The lowest BCUT2D eigenvalue weighted by Crippen LogP contribution is -2.50. The Bertz CT molecular complexity index is 644. The fraction of sp³-hybridized carbons (Fsp3) is 0.647. The van der Waals surface area contributed by atoms with Gasteiger partial charge in [0.25, 0.3) is 0 Å². The van der Waals surface area contributed by atoms with Crippen LogP contribution in [0.15, 0.2) is 17.2 Å². The number of nitrogens with one attached hydrogen (secondary N) is 1. The summed E-state index contributed by atoms with van der Waals surface area (Å²) in [6.07, 6.45) is 4.76. The first-order chi connectivity index (χ1) is 11.4. The summed E-state index contributed by atoms with van der Waals surface area (Å²) in [6.45, 7) is 8.41. The number of carbonyl (C=O) groups is 2. The quantitative estimate of drug-likeness (QED) is 0.826. The lowest BCUT2D eigenvalue weighted by Gasteiger charge is -2.34. The zero-order valence-electron chi connectivity index (χ0n) is 14.2. The predicted molar refractivity (Wildman–Crippen MR) is 86.8 cm³/mol. The Balaban J connectivity index is 1.65. The first-order valence-electron chi connectivity index (χ1n) is 8.48. The summed E-state index contributed by atoms with van der Waals surface area (Å²) in [5.74, 6) is 1.25. The molecule has 1 N–H and O–H groups in total. The molecule has 2 heterocycles. The zero-order valence-corrected chi connectivity index (χ0v) is 14.2. The number of aromatic nitrogens is 2. The highest BCUT2D eigenvalue weighted by Gasteiger charge is 2.48. The maximum absolute atomic E-state index is 12.8. The molecule has 3 rings (SSSR count). The van der Waals surface area contributed by atoms with E-state index < -0.39 is 5.54 Å². The molecule has 0 bridgehead atoms. The molecular weight excluding hydrogens is 308 g/mol. The third kappa shape index (κ3) is 3.20. The Morgan fingerprint density at radius 2 is 2.00 bits per heavy atom. The summed E-state index contributed by atoms with van der Waals surface area (Å²) < 4.78 is 5.10. The van der Waals surface area contributed by atoms with Gasteiger partial charge in [-0.15, -0.1) is 0 Å². The molecule has 0 radical (unpaired) electrons. The van der Waals surface area contributed by atoms with Crippen LogP contribution in [0.2, 0.25) is 0 Å². The standard InChI is InChI=1S/C17H24N4O3/c1-4-14(22)21-9-7-12(8-10-21)15(23)19-17(3,13-5-6-13)16-18-11(2)24-20-16/h4,12-13H,1,5-10H2,2-3H3,(H,19,23). The summed E-state index contributed by atoms with van der Waals surface area (Å²) in [5, 5.41) is 7.19. The van der Waals surface area contributed by atoms with Crippen LogP contribution in [-0.2, 0) is 15.1 Å². The van der Waals surface area contributed by atoms with E-state index in [1.165, 1.54) is 6.08 Å². The molecule has 2 fully saturated rings. The molecule has 1 aromatic heterocycles. The topological polar surface area (TPSA) is 88.3 Å². The van der Waals surface area contributed by atoms with Gasteiger partial charge in [-0.1, -0.05) is 11.7 Å². The fourth-order valence-corrected chi connectivity index (χ4v) is 3.36. The Morgan fingerprint density at radius 1 is 1.33 bits per heavy atom. The van der Waals surface area contributed by atoms with Gasteiger partial charge in [-0.25, -0.2) is 0 Å². The van der Waals surface area contributed by atoms with Crippen LogP contribution in [0.3, 0.4) is 0 Å². The second-order valence-corrected chi connectivity index (χ2v) is 6.91. The zero-order chi connectivity index (χ0) is 17.3. The minimum atomic E-state index is -0.580. The molecule has 1 aliphatic heterocycles. The minimum Gasteiger partial charge on any atom is -0.343 e. The van der Waals surface area contributed by atoms with Gasteiger partial charge in [-0.3, -0.25) is 9.59 Å². The van der Waals surface area contributed by atoms with Gasteiger partial charge in [0.1, 0.15) is 5.54 Å². The van der Waals surface area contributed by atoms with Gasteiger partial charge in [0.05, 0.1) is 0 Å². The highest BCUT2D eigenvalue weighted by Crippen LogP contribution is 2.44. The van der Waals surface area contributed by atoms with Crippen LogP contribution in [0.25, 0.3) is 0 Å². The lowest BCUT2D eigenvalue weighted by atomic mass is 9.90. The molecule has 7 heteroatoms. The lowest BCUT2D eigenvalue weighted by molar-refractivity contribution is -0.133. The number of aryl methyl sites for hydroxylation is 1. The van der Waals surface area contributed by atoms with Crippen LogP contribution >= 0.6 is 0 Å². The molecule has 1 aromatic rings. The van der Waals surface area contributed by atoms with Crippen molar-refractivity contribution in [1.82, 2.24) is 20.4 Å². The minimum absolute atomic E-state index is 0.0116. The summed E-state index contributed by atoms with van der Waals surface area (Å²) in [7, 11) is 0. The van der Waals surface area contributed by atoms with Gasteiger partial charge >= 0.3 is 0 Å². The van der Waals surface area contributed by atoms with E-state index in [2.05, 4.69) is 22.0 Å². The monoisotopic (exact) mass is 332 g/mol. The van der Waals surface area contributed by atoms with E-state index in [-0.39, 0.29) is 17.7 Å². The van der Waals surface area contributed by atoms with Crippen molar-refractivity contribution in [3.05, 3.63) is 24.4 Å². The average Bonchev–Trinajstić information content (AvgIpc) is 3.36. The highest BCUT2D eigenvalue weighted by atomic mass is 16.5. The Morgan fingerprint density at radius 3 is 2.50 bits per heavy atom. The van der Waals surface area contributed by atoms with Gasteiger partial charge in [0, 0.05) is 25.9 Å². The fourth-order valence-electron chi connectivity index (χ4n) is 3.36. The summed E-state index contributed by atoms with van der Waals surface area (Å²) in [5.41, 5.74) is -0.580. The first kappa shape index (κ1) is 16.7. The molecule has 1 saturated heterocycles. The molecule has 1 saturated carbocycles. The number of carbonyl (C=O) groups excluding carboxylic acids is 2. The maximum Gasteiger partial charge on any atom is 0.245 e. The van der Waals surface area contributed by atoms with Gasteiger partial charge in [0.2, 0.25) is 17.7 Å². The first-order valence-corrected chi connectivity index (χ1v) is 8.48. The third-order valence-corrected chi connectivity index (χ3v) is 5.12. The molecule has 0 aromatic carbocycles. The molecule has 2 aliphatic rings. The normalized spacial score (nSPS) is 21.2. The summed E-state index contributed by atoms with van der Waals surface area (Å²) >= 11 is 0. The van der Waals surface area contributed by atoms with Gasteiger partial charge in [-0.05, 0) is 44.6 Å². The van der Waals surface area contributed by atoms with E-state index in [4.69, 9.17) is 4.52 Å². The van der Waals surface area contributed by atoms with E-state index in [0.717, 1.165) is 12.8 Å². The van der Waals surface area contributed by atoms with Crippen LogP contribution < -0.4 is 5.32 Å². The van der Waals surface area contributed by atoms with Crippen LogP contribution in [-0.4, -0.2) is 39.9 Å². The number of likely N-dealkylation sites (tertiary alicyclic amines) is 1. The summed E-state index contributed by atoms with van der Waals surface area (Å²) in [4.78, 5) is 30.5. The van der Waals surface area contributed by atoms with Crippen molar-refractivity contribution in [2.45, 2.75) is 45.1 Å². The molecule has 2 amide bonds. The number of rotatable bonds is 5. The second-order valence-electron chi connectivity index (χ2n) is 6.91. The molecule has 0 spiro atoms. The number of nitrogens with zero attached hydrogens (tertiary/aromatic N) is 3. The SMILES string of the molecule is C=CC(=O)N1CCC(C(=O)NC(C)(c2noc(C)n2)C2CC2)CC1. The van der Waals surface area contributed by atoms with Crippen LogP contribution in [0.1, 0.15) is 44.3 Å². The van der Waals surface area contributed by atoms with Crippen LogP contribution in [0, 0.1) is 18.8 Å². The number of amides is 2. The smallest absolute Gasteiger partial charge is 0.245 e. The number of piperidine rings is 1. The largest absolute Gasteiger partial charge is 0.343 e. The van der Waals surface area contributed by atoms with Crippen LogP contribution in [0.5, 0.6) is 0 Å². The van der Waals surface area contributed by atoms with E-state index in [1.54, 1.807) is 11.8 Å². The van der Waals surface area contributed by atoms with E-state index in [1.807, 2.05) is 6.92 Å². The van der Waals surface area contributed by atoms with Crippen molar-refractivity contribution in [3.8, 4) is 0 Å². The molecule has 1 atom stereocenters. The Kier molecular flexibility index (Phi) is 4.43. The van der Waals surface area contributed by atoms with Crippen molar-refractivity contribution < 1.29 is 14.1 Å². The van der Waals surface area contributed by atoms with Gasteiger partial charge in [-0.2, -0.15) is 4.98 Å². The average molecular weight is 332 g/mol. The molecule has 24 heavy (non-hydrogen) atoms. The Labute approximate surface area is 141 Å². The maximum atomic E-state index is 12.8. The van der Waals surface area contributed by atoms with Gasteiger partial charge in [0.15, 0.2) is 5.82 Å². The third-order valence-electron chi connectivity index (χ3n) is 5.12. The molecule has 7 nitrogen and oxygen atoms in total. The van der Waals surface area contributed by atoms with Crippen LogP contribution in [0.4, 0.5) is 0 Å². The second kappa shape index (κ2) is 6.37. The van der Waals surface area contributed by atoms with Crippen molar-refractivity contribution in [1.29, 1.82) is 0 Å². The van der Waals surface area contributed by atoms with E-state index in [0.29, 0.717) is 43.6 Å². The highest BCUT2D eigenvalue weighted by molar-refractivity contribution is 5.87. The van der Waals surface area contributed by atoms with Crippen molar-refractivity contribution in [3.63, 3.8) is 0 Å². The van der Waals surface area contributed by atoms with Crippen molar-refractivity contribution in [2.24, 2.45) is 11.8 Å². The molecule has 1 unspecified atom stereocenters. The molecule has 1 aliphatic carbocycles. The van der Waals surface area contributed by atoms with Crippen molar-refractivity contribution in [2.75, 3.05) is 13.1 Å².